The van der Waals surface area contributed by atoms with Gasteiger partial charge >= 0.3 is 0 Å². The number of aryl methyl sites for hydroxylation is 2. The Morgan fingerprint density at radius 3 is 2.31 bits per heavy atom. The van der Waals surface area contributed by atoms with Gasteiger partial charge in [-0.25, -0.2) is 4.39 Å². The molecule has 2 fully saturated rings. The number of hydrogen-bond acceptors (Lipinski definition) is 4. The Morgan fingerprint density at radius 2 is 1.74 bits per heavy atom. The van der Waals surface area contributed by atoms with E-state index in [9.17, 15) is 18.8 Å². The summed E-state index contributed by atoms with van der Waals surface area (Å²) in [6.45, 7) is 3.86. The molecule has 2 aromatic carbocycles. The minimum Gasteiger partial charge on any atom is -0.368 e. The highest BCUT2D eigenvalue weighted by molar-refractivity contribution is 7.10. The van der Waals surface area contributed by atoms with Gasteiger partial charge in [0.1, 0.15) is 11.9 Å². The van der Waals surface area contributed by atoms with E-state index in [0.29, 0.717) is 11.1 Å². The Bertz CT molecular complexity index is 1300. The van der Waals surface area contributed by atoms with Crippen molar-refractivity contribution in [2.75, 3.05) is 0 Å². The second-order valence-corrected chi connectivity index (χ2v) is 10.6. The molecule has 1 saturated carbocycles. The van der Waals surface area contributed by atoms with E-state index in [4.69, 9.17) is 5.73 Å². The summed E-state index contributed by atoms with van der Waals surface area (Å²) in [7, 11) is 0. The third-order valence-electron chi connectivity index (χ3n) is 7.17. The SMILES string of the molecule is Cc1cccc(C(=O)C2C(c3ccc(F)cc3)C(C(N)=O)N(C(=O)C3CC3)C2c2sccc2C)c1. The minimum atomic E-state index is -1.01. The second kappa shape index (κ2) is 9.04. The predicted molar refractivity (Wildman–Crippen MR) is 132 cm³/mol. The van der Waals surface area contributed by atoms with Gasteiger partial charge in [0, 0.05) is 22.3 Å². The molecule has 1 saturated heterocycles. The Kier molecular flexibility index (Phi) is 6.05. The molecule has 5 nitrogen and oxygen atoms in total. The van der Waals surface area contributed by atoms with Gasteiger partial charge in [0.15, 0.2) is 5.78 Å². The lowest BCUT2D eigenvalue weighted by molar-refractivity contribution is -0.140. The summed E-state index contributed by atoms with van der Waals surface area (Å²) in [6, 6.07) is 13.5. The van der Waals surface area contributed by atoms with E-state index in [-0.39, 0.29) is 17.6 Å². The molecule has 35 heavy (non-hydrogen) atoms. The zero-order chi connectivity index (χ0) is 24.9. The van der Waals surface area contributed by atoms with Crippen LogP contribution in [0, 0.1) is 31.5 Å². The molecule has 2 heterocycles. The van der Waals surface area contributed by atoms with Gasteiger partial charge in [-0.2, -0.15) is 0 Å². The van der Waals surface area contributed by atoms with Gasteiger partial charge < -0.3 is 10.6 Å². The highest BCUT2D eigenvalue weighted by atomic mass is 32.1. The Hall–Kier alpha value is -3.32. The van der Waals surface area contributed by atoms with Gasteiger partial charge in [-0.3, -0.25) is 14.4 Å². The number of rotatable bonds is 6. The fraction of sp³-hybridized carbons (Fsp3) is 0.321. The van der Waals surface area contributed by atoms with E-state index in [1.165, 1.54) is 23.5 Å². The lowest BCUT2D eigenvalue weighted by atomic mass is 9.76. The number of ketones is 1. The lowest BCUT2D eigenvalue weighted by Crippen LogP contribution is -2.47. The van der Waals surface area contributed by atoms with Gasteiger partial charge in [-0.05, 0) is 67.5 Å². The van der Waals surface area contributed by atoms with Crippen LogP contribution in [-0.4, -0.2) is 28.5 Å². The van der Waals surface area contributed by atoms with Gasteiger partial charge in [0.2, 0.25) is 11.8 Å². The number of benzene rings is 2. The highest BCUT2D eigenvalue weighted by Gasteiger charge is 2.58. The largest absolute Gasteiger partial charge is 0.368 e. The number of carbonyl (C=O) groups is 3. The van der Waals surface area contributed by atoms with Crippen LogP contribution >= 0.6 is 11.3 Å². The van der Waals surface area contributed by atoms with Crippen molar-refractivity contribution in [3.8, 4) is 0 Å². The standard InChI is InChI=1S/C28H27FN2O3S/c1-15-4-3-5-19(14-15)25(32)22-21(17-8-10-20(29)11-9-17)24(27(30)33)31(28(34)18-6-7-18)23(22)26-16(2)12-13-35-26/h3-5,8-14,18,21-24H,6-7H2,1-2H3,(H2,30,33). The van der Waals surface area contributed by atoms with Crippen molar-refractivity contribution in [2.24, 2.45) is 17.6 Å². The number of likely N-dealkylation sites (tertiary alicyclic amines) is 1. The van der Waals surface area contributed by atoms with Gasteiger partial charge in [-0.15, -0.1) is 11.3 Å². The molecule has 1 aromatic heterocycles. The van der Waals surface area contributed by atoms with Gasteiger partial charge in [0.05, 0.1) is 12.0 Å². The van der Waals surface area contributed by atoms with Crippen molar-refractivity contribution in [2.45, 2.75) is 44.7 Å². The molecule has 2 aliphatic rings. The topological polar surface area (TPSA) is 80.5 Å². The second-order valence-electron chi connectivity index (χ2n) is 9.62. The molecule has 1 aliphatic heterocycles. The Labute approximate surface area is 207 Å². The number of primary amides is 1. The number of hydrogen-bond donors (Lipinski definition) is 1. The number of nitrogens with two attached hydrogens (primary N) is 1. The fourth-order valence-corrected chi connectivity index (χ4v) is 6.46. The van der Waals surface area contributed by atoms with Crippen LogP contribution in [0.25, 0.3) is 0 Å². The molecule has 180 valence electrons. The van der Waals surface area contributed by atoms with Crippen LogP contribution in [0.1, 0.15) is 56.7 Å². The van der Waals surface area contributed by atoms with E-state index < -0.39 is 35.6 Å². The molecular formula is C28H27FN2O3S. The minimum absolute atomic E-state index is 0.141. The molecule has 4 unspecified atom stereocenters. The molecule has 2 N–H and O–H groups in total. The van der Waals surface area contributed by atoms with Crippen LogP contribution < -0.4 is 5.73 Å². The van der Waals surface area contributed by atoms with Crippen molar-refractivity contribution in [3.05, 3.63) is 92.9 Å². The maximum absolute atomic E-state index is 14.2. The zero-order valence-electron chi connectivity index (χ0n) is 19.6. The summed E-state index contributed by atoms with van der Waals surface area (Å²) in [5, 5.41) is 1.93. The van der Waals surface area contributed by atoms with Crippen LogP contribution in [0.5, 0.6) is 0 Å². The first-order chi connectivity index (χ1) is 16.8. The third kappa shape index (κ3) is 4.18. The van der Waals surface area contributed by atoms with E-state index in [2.05, 4.69) is 0 Å². The molecule has 0 radical (unpaired) electrons. The van der Waals surface area contributed by atoms with E-state index >= 15 is 0 Å². The summed E-state index contributed by atoms with van der Waals surface area (Å²) in [5.74, 6) is -2.99. The molecule has 2 amide bonds. The molecule has 3 aromatic rings. The number of thiophene rings is 1. The number of Topliss-reactive ketones (excluding diaryl/α,β-unsaturated/α-hetero) is 1. The average Bonchev–Trinajstić information content (AvgIpc) is 3.51. The molecule has 0 bridgehead atoms. The Morgan fingerprint density at radius 1 is 1.03 bits per heavy atom. The van der Waals surface area contributed by atoms with Crippen molar-refractivity contribution in [1.29, 1.82) is 0 Å². The van der Waals surface area contributed by atoms with E-state index in [1.807, 2.05) is 43.5 Å². The highest BCUT2D eigenvalue weighted by Crippen LogP contribution is 2.54. The monoisotopic (exact) mass is 490 g/mol. The summed E-state index contributed by atoms with van der Waals surface area (Å²) >= 11 is 1.47. The van der Waals surface area contributed by atoms with Crippen LogP contribution in [0.4, 0.5) is 4.39 Å². The first-order valence-corrected chi connectivity index (χ1v) is 12.7. The van der Waals surface area contributed by atoms with Crippen LogP contribution in [0.3, 0.4) is 0 Å². The lowest BCUT2D eigenvalue weighted by Gasteiger charge is -2.30. The normalized spacial score (nSPS) is 23.9. The zero-order valence-corrected chi connectivity index (χ0v) is 20.4. The molecular weight excluding hydrogens is 463 g/mol. The number of nitrogens with zero attached hydrogens (tertiary/aromatic N) is 1. The fourth-order valence-electron chi connectivity index (χ4n) is 5.39. The Balaban J connectivity index is 1.75. The molecule has 1 aliphatic carbocycles. The summed E-state index contributed by atoms with van der Waals surface area (Å²) in [4.78, 5) is 43.4. The third-order valence-corrected chi connectivity index (χ3v) is 8.26. The van der Waals surface area contributed by atoms with Gasteiger partial charge in [0.25, 0.3) is 0 Å². The van der Waals surface area contributed by atoms with Crippen molar-refractivity contribution in [1.82, 2.24) is 4.90 Å². The van der Waals surface area contributed by atoms with Crippen molar-refractivity contribution < 1.29 is 18.8 Å². The van der Waals surface area contributed by atoms with Crippen LogP contribution in [0.2, 0.25) is 0 Å². The van der Waals surface area contributed by atoms with Crippen molar-refractivity contribution in [3.63, 3.8) is 0 Å². The van der Waals surface area contributed by atoms with E-state index in [0.717, 1.165) is 28.8 Å². The number of carbonyl (C=O) groups excluding carboxylic acids is 3. The maximum Gasteiger partial charge on any atom is 0.240 e. The van der Waals surface area contributed by atoms with Gasteiger partial charge in [-0.1, -0.05) is 35.9 Å². The maximum atomic E-state index is 14.2. The quantitative estimate of drug-likeness (QED) is 0.498. The van der Waals surface area contributed by atoms with E-state index in [1.54, 1.807) is 23.1 Å². The first kappa shape index (κ1) is 23.4. The predicted octanol–water partition coefficient (Wildman–Crippen LogP) is 4.93. The van der Waals surface area contributed by atoms with Crippen LogP contribution in [0.15, 0.2) is 60.0 Å². The number of halogens is 1. The molecule has 5 rings (SSSR count). The van der Waals surface area contributed by atoms with Crippen LogP contribution in [-0.2, 0) is 9.59 Å². The number of amides is 2. The average molecular weight is 491 g/mol. The molecule has 0 spiro atoms. The van der Waals surface area contributed by atoms with Crippen molar-refractivity contribution >= 4 is 28.9 Å². The molecule has 7 heteroatoms. The molecule has 4 atom stereocenters. The summed E-state index contributed by atoms with van der Waals surface area (Å²) in [5.41, 5.74) is 9.00. The smallest absolute Gasteiger partial charge is 0.240 e. The summed E-state index contributed by atoms with van der Waals surface area (Å²) < 4.78 is 13.8. The summed E-state index contributed by atoms with van der Waals surface area (Å²) in [6.07, 6.45) is 1.52. The first-order valence-electron chi connectivity index (χ1n) is 11.8.